The van der Waals surface area contributed by atoms with Gasteiger partial charge in [-0.25, -0.2) is 5.43 Å². The van der Waals surface area contributed by atoms with Crippen molar-refractivity contribution in [3.8, 4) is 11.5 Å². The minimum Gasteiger partial charge on any atom is -0.493 e. The highest BCUT2D eigenvalue weighted by Crippen LogP contribution is 2.27. The first-order valence-corrected chi connectivity index (χ1v) is 10.4. The van der Waals surface area contributed by atoms with Crippen LogP contribution in [0.15, 0.2) is 53.6 Å². The summed E-state index contributed by atoms with van der Waals surface area (Å²) < 4.78 is 16.2. The molecule has 10 heteroatoms. The minimum absolute atomic E-state index is 0.113. The summed E-state index contributed by atoms with van der Waals surface area (Å²) in [5, 5.41) is 6.32. The molecule has 1 fully saturated rings. The molecule has 2 aromatic rings. The second kappa shape index (κ2) is 12.2. The second-order valence-corrected chi connectivity index (χ2v) is 7.06. The van der Waals surface area contributed by atoms with Crippen LogP contribution < -0.4 is 20.2 Å². The standard InChI is InChI=1S/C23H26N4O6/c1-31-20-13-18(7-8-19(20)33-16-21(28)27-9-11-32-12-10-27)15-25-26-23(30)22(29)24-14-17-5-3-2-4-6-17/h2-8,13,15H,9-12,14,16H2,1H3,(H,24,29)(H,26,30)/b25-15-. The predicted molar refractivity (Wildman–Crippen MR) is 120 cm³/mol. The van der Waals surface area contributed by atoms with E-state index in [2.05, 4.69) is 15.8 Å². The van der Waals surface area contributed by atoms with Crippen molar-refractivity contribution in [3.05, 3.63) is 59.7 Å². The van der Waals surface area contributed by atoms with Gasteiger partial charge in [0.1, 0.15) is 0 Å². The Kier molecular flexibility index (Phi) is 8.78. The largest absolute Gasteiger partial charge is 0.493 e. The molecule has 3 amide bonds. The van der Waals surface area contributed by atoms with Crippen LogP contribution in [0.5, 0.6) is 11.5 Å². The normalized spacial score (nSPS) is 13.4. The highest BCUT2D eigenvalue weighted by molar-refractivity contribution is 6.35. The van der Waals surface area contributed by atoms with Gasteiger partial charge >= 0.3 is 11.8 Å². The number of hydrogen-bond acceptors (Lipinski definition) is 7. The number of carbonyl (C=O) groups is 3. The highest BCUT2D eigenvalue weighted by Gasteiger charge is 2.18. The number of amides is 3. The van der Waals surface area contributed by atoms with Gasteiger partial charge in [-0.2, -0.15) is 5.10 Å². The Labute approximate surface area is 191 Å². The summed E-state index contributed by atoms with van der Waals surface area (Å²) in [5.74, 6) is -0.988. The molecule has 0 bridgehead atoms. The molecule has 0 atom stereocenters. The number of nitrogens with zero attached hydrogens (tertiary/aromatic N) is 2. The molecule has 174 valence electrons. The van der Waals surface area contributed by atoms with Crippen LogP contribution in [0.4, 0.5) is 0 Å². The van der Waals surface area contributed by atoms with Crippen molar-refractivity contribution in [3.63, 3.8) is 0 Å². The van der Waals surface area contributed by atoms with Gasteiger partial charge in [-0.15, -0.1) is 0 Å². The zero-order chi connectivity index (χ0) is 23.5. The van der Waals surface area contributed by atoms with Crippen LogP contribution in [0.3, 0.4) is 0 Å². The molecule has 2 aromatic carbocycles. The summed E-state index contributed by atoms with van der Waals surface area (Å²) in [5.41, 5.74) is 3.66. The number of benzene rings is 2. The maximum Gasteiger partial charge on any atom is 0.329 e. The third kappa shape index (κ3) is 7.32. The van der Waals surface area contributed by atoms with Crippen molar-refractivity contribution in [1.29, 1.82) is 0 Å². The molecular formula is C23H26N4O6. The van der Waals surface area contributed by atoms with Gasteiger partial charge in [0.15, 0.2) is 18.1 Å². The Morgan fingerprint density at radius 1 is 1.06 bits per heavy atom. The topological polar surface area (TPSA) is 119 Å². The van der Waals surface area contributed by atoms with Crippen LogP contribution >= 0.6 is 0 Å². The van der Waals surface area contributed by atoms with E-state index in [1.54, 1.807) is 23.1 Å². The van der Waals surface area contributed by atoms with E-state index in [0.717, 1.165) is 5.56 Å². The van der Waals surface area contributed by atoms with E-state index in [-0.39, 0.29) is 19.1 Å². The van der Waals surface area contributed by atoms with Crippen molar-refractivity contribution >= 4 is 23.9 Å². The fourth-order valence-corrected chi connectivity index (χ4v) is 3.00. The van der Waals surface area contributed by atoms with E-state index < -0.39 is 11.8 Å². The molecule has 0 radical (unpaired) electrons. The van der Waals surface area contributed by atoms with Gasteiger partial charge in [0.05, 0.1) is 26.5 Å². The summed E-state index contributed by atoms with van der Waals surface area (Å²) in [7, 11) is 1.48. The van der Waals surface area contributed by atoms with Gasteiger partial charge in [-0.1, -0.05) is 30.3 Å². The Morgan fingerprint density at radius 3 is 2.55 bits per heavy atom. The zero-order valence-electron chi connectivity index (χ0n) is 18.3. The van der Waals surface area contributed by atoms with Gasteiger partial charge in [0.25, 0.3) is 5.91 Å². The third-order valence-electron chi connectivity index (χ3n) is 4.78. The van der Waals surface area contributed by atoms with E-state index in [1.807, 2.05) is 30.3 Å². The SMILES string of the molecule is COc1cc(/C=N\NC(=O)C(=O)NCc2ccccc2)ccc1OCC(=O)N1CCOCC1. The zero-order valence-corrected chi connectivity index (χ0v) is 18.3. The number of methoxy groups -OCH3 is 1. The van der Waals surface area contributed by atoms with Gasteiger partial charge in [0, 0.05) is 19.6 Å². The molecule has 0 aliphatic carbocycles. The Balaban J connectivity index is 1.48. The first kappa shape index (κ1) is 23.7. The summed E-state index contributed by atoms with van der Waals surface area (Å²) >= 11 is 0. The summed E-state index contributed by atoms with van der Waals surface area (Å²) in [6.45, 7) is 2.26. The minimum atomic E-state index is -0.879. The molecule has 3 rings (SSSR count). The lowest BCUT2D eigenvalue weighted by atomic mass is 10.2. The molecule has 1 aliphatic heterocycles. The average Bonchev–Trinajstić information content (AvgIpc) is 2.87. The number of carbonyl (C=O) groups excluding carboxylic acids is 3. The van der Waals surface area contributed by atoms with Gasteiger partial charge in [0.2, 0.25) is 0 Å². The number of rotatable bonds is 8. The summed E-state index contributed by atoms with van der Waals surface area (Å²) in [4.78, 5) is 37.7. The van der Waals surface area contributed by atoms with E-state index >= 15 is 0 Å². The number of hydrogen-bond donors (Lipinski definition) is 2. The second-order valence-electron chi connectivity index (χ2n) is 7.06. The lowest BCUT2D eigenvalue weighted by molar-refractivity contribution is -0.139. The van der Waals surface area contributed by atoms with E-state index in [1.165, 1.54) is 13.3 Å². The highest BCUT2D eigenvalue weighted by atomic mass is 16.5. The van der Waals surface area contributed by atoms with Gasteiger partial charge in [-0.3, -0.25) is 14.4 Å². The number of nitrogens with one attached hydrogen (secondary N) is 2. The van der Waals surface area contributed by atoms with Crippen molar-refractivity contribution in [1.82, 2.24) is 15.6 Å². The Morgan fingerprint density at radius 2 is 1.82 bits per heavy atom. The van der Waals surface area contributed by atoms with E-state index in [0.29, 0.717) is 43.4 Å². The Bertz CT molecular complexity index is 990. The molecule has 0 unspecified atom stereocenters. The first-order chi connectivity index (χ1) is 16.1. The Hall–Kier alpha value is -3.92. The molecule has 10 nitrogen and oxygen atoms in total. The fraction of sp³-hybridized carbons (Fsp3) is 0.304. The molecular weight excluding hydrogens is 428 g/mol. The maximum atomic E-state index is 12.2. The first-order valence-electron chi connectivity index (χ1n) is 10.4. The van der Waals surface area contributed by atoms with Gasteiger partial charge in [-0.05, 0) is 29.3 Å². The van der Waals surface area contributed by atoms with Crippen LogP contribution in [0.25, 0.3) is 0 Å². The quantitative estimate of drug-likeness (QED) is 0.344. The molecule has 2 N–H and O–H groups in total. The molecule has 0 saturated carbocycles. The smallest absolute Gasteiger partial charge is 0.329 e. The summed E-state index contributed by atoms with van der Waals surface area (Å²) in [6, 6.07) is 14.2. The fourth-order valence-electron chi connectivity index (χ4n) is 3.00. The van der Waals surface area contributed by atoms with Crippen molar-refractivity contribution in [2.24, 2.45) is 5.10 Å². The van der Waals surface area contributed by atoms with Crippen LogP contribution in [-0.4, -0.2) is 68.9 Å². The van der Waals surface area contributed by atoms with Crippen LogP contribution in [0.1, 0.15) is 11.1 Å². The molecule has 1 saturated heterocycles. The molecule has 0 aromatic heterocycles. The molecule has 1 aliphatic rings. The molecule has 33 heavy (non-hydrogen) atoms. The third-order valence-corrected chi connectivity index (χ3v) is 4.78. The van der Waals surface area contributed by atoms with Crippen LogP contribution in [0, 0.1) is 0 Å². The van der Waals surface area contributed by atoms with E-state index in [9.17, 15) is 14.4 Å². The molecule has 0 spiro atoms. The van der Waals surface area contributed by atoms with Crippen molar-refractivity contribution < 1.29 is 28.6 Å². The lowest BCUT2D eigenvalue weighted by Gasteiger charge is -2.26. The van der Waals surface area contributed by atoms with Crippen molar-refractivity contribution in [2.75, 3.05) is 40.0 Å². The number of morpholine rings is 1. The lowest BCUT2D eigenvalue weighted by Crippen LogP contribution is -2.43. The maximum absolute atomic E-state index is 12.2. The van der Waals surface area contributed by atoms with Crippen molar-refractivity contribution in [2.45, 2.75) is 6.54 Å². The van der Waals surface area contributed by atoms with Crippen LogP contribution in [0.2, 0.25) is 0 Å². The number of hydrazone groups is 1. The van der Waals surface area contributed by atoms with E-state index in [4.69, 9.17) is 14.2 Å². The van der Waals surface area contributed by atoms with Crippen LogP contribution in [-0.2, 0) is 25.7 Å². The number of ether oxygens (including phenoxy) is 3. The van der Waals surface area contributed by atoms with Gasteiger partial charge < -0.3 is 24.4 Å². The summed E-state index contributed by atoms with van der Waals surface area (Å²) in [6.07, 6.45) is 1.37. The average molecular weight is 454 g/mol. The molecule has 1 heterocycles. The predicted octanol–water partition coefficient (Wildman–Crippen LogP) is 0.699. The monoisotopic (exact) mass is 454 g/mol.